The molecule has 0 aromatic heterocycles. The van der Waals surface area contributed by atoms with E-state index in [0.29, 0.717) is 12.8 Å². The molecule has 0 aromatic carbocycles. The number of rotatable bonds is 56. The number of nitrogens with one attached hydrogen (secondary N) is 1. The van der Waals surface area contributed by atoms with Crippen LogP contribution < -0.4 is 5.32 Å². The molecule has 8 unspecified atom stereocenters. The summed E-state index contributed by atoms with van der Waals surface area (Å²) in [4.78, 5) is 26.6. The highest BCUT2D eigenvalue weighted by Gasteiger charge is 2.47. The maximum absolute atomic E-state index is 13.4. The van der Waals surface area contributed by atoms with Crippen molar-refractivity contribution in [1.29, 1.82) is 0 Å². The third kappa shape index (κ3) is 43.7. The van der Waals surface area contributed by atoms with Gasteiger partial charge in [-0.3, -0.25) is 9.59 Å². The number of hydrogen-bond acceptors (Lipinski definition) is 10. The molecule has 0 aromatic rings. The van der Waals surface area contributed by atoms with Crippen molar-refractivity contribution in [3.8, 4) is 0 Å². The van der Waals surface area contributed by atoms with Crippen LogP contribution in [0.3, 0.4) is 0 Å². The number of unbranched alkanes of at least 4 members (excludes halogenated alkanes) is 34. The normalized spacial score (nSPS) is 19.2. The lowest BCUT2D eigenvalue weighted by molar-refractivity contribution is -0.305. The van der Waals surface area contributed by atoms with Crippen molar-refractivity contribution in [2.45, 2.75) is 346 Å². The van der Waals surface area contributed by atoms with E-state index >= 15 is 0 Å². The molecule has 1 rings (SSSR count). The average molecular weight is 1110 g/mol. The average Bonchev–Trinajstić information content (AvgIpc) is 3.45. The van der Waals surface area contributed by atoms with Crippen molar-refractivity contribution in [2.75, 3.05) is 13.2 Å². The molecular formula is C68H123NO10. The number of ether oxygens (including phenoxy) is 3. The van der Waals surface area contributed by atoms with Gasteiger partial charge in [-0.05, 0) is 70.6 Å². The first kappa shape index (κ1) is 74.4. The monoisotopic (exact) mass is 1110 g/mol. The number of carbonyl (C=O) groups excluding carboxylic acids is 2. The van der Waals surface area contributed by atoms with E-state index in [9.17, 15) is 35.1 Å². The highest BCUT2D eigenvalue weighted by Crippen LogP contribution is 2.26. The van der Waals surface area contributed by atoms with Gasteiger partial charge in [0.05, 0.1) is 25.4 Å². The third-order valence-electron chi connectivity index (χ3n) is 15.4. The van der Waals surface area contributed by atoms with Gasteiger partial charge in [-0.15, -0.1) is 0 Å². The van der Waals surface area contributed by atoms with Crippen LogP contribution in [0.5, 0.6) is 0 Å². The van der Waals surface area contributed by atoms with Crippen LogP contribution in [0.15, 0.2) is 60.8 Å². The van der Waals surface area contributed by atoms with Gasteiger partial charge in [0.2, 0.25) is 5.91 Å². The summed E-state index contributed by atoms with van der Waals surface area (Å²) in [5, 5.41) is 57.0. The molecule has 460 valence electrons. The van der Waals surface area contributed by atoms with Crippen LogP contribution in [0.4, 0.5) is 0 Å². The number of aliphatic hydroxyl groups is 5. The summed E-state index contributed by atoms with van der Waals surface area (Å²) < 4.78 is 17.6. The second-order valence-corrected chi connectivity index (χ2v) is 22.9. The van der Waals surface area contributed by atoms with E-state index in [1.54, 1.807) is 6.08 Å². The number of hydrogen-bond donors (Lipinski definition) is 6. The Labute approximate surface area is 484 Å². The topological polar surface area (TPSA) is 175 Å². The molecule has 1 amide bonds. The first-order valence-corrected chi connectivity index (χ1v) is 33.1. The summed E-state index contributed by atoms with van der Waals surface area (Å²) in [6.45, 7) is 5.77. The van der Waals surface area contributed by atoms with Gasteiger partial charge >= 0.3 is 5.97 Å². The molecule has 1 aliphatic heterocycles. The lowest BCUT2D eigenvalue weighted by Crippen LogP contribution is -2.61. The predicted octanol–water partition coefficient (Wildman–Crippen LogP) is 16.2. The van der Waals surface area contributed by atoms with Crippen LogP contribution in [0.1, 0.15) is 297 Å². The fourth-order valence-electron chi connectivity index (χ4n) is 10.2. The summed E-state index contributed by atoms with van der Waals surface area (Å²) in [5.41, 5.74) is 0. The largest absolute Gasteiger partial charge is 0.454 e. The summed E-state index contributed by atoms with van der Waals surface area (Å²) in [6.07, 6.45) is 59.7. The zero-order valence-corrected chi connectivity index (χ0v) is 51.0. The fourth-order valence-corrected chi connectivity index (χ4v) is 10.2. The minimum absolute atomic E-state index is 0.125. The van der Waals surface area contributed by atoms with E-state index in [1.165, 1.54) is 154 Å². The third-order valence-corrected chi connectivity index (χ3v) is 15.4. The number of esters is 1. The Hall–Kier alpha value is -2.64. The molecule has 1 aliphatic rings. The maximum atomic E-state index is 13.4. The smallest absolute Gasteiger partial charge is 0.306 e. The molecule has 79 heavy (non-hydrogen) atoms. The van der Waals surface area contributed by atoms with Crippen molar-refractivity contribution in [1.82, 2.24) is 5.32 Å². The molecule has 0 bridgehead atoms. The van der Waals surface area contributed by atoms with Crippen LogP contribution in [0.25, 0.3) is 0 Å². The first-order chi connectivity index (χ1) is 38.7. The molecule has 8 atom stereocenters. The minimum atomic E-state index is -1.61. The van der Waals surface area contributed by atoms with Crippen molar-refractivity contribution in [3.05, 3.63) is 60.8 Å². The molecule has 1 saturated heterocycles. The summed E-state index contributed by atoms with van der Waals surface area (Å²) in [6, 6.07) is -1.03. The SMILES string of the molecule is CCCCC/C=C\C/C=C\C/C=C\C/C=C\CCCCCCCCC(O)C(=O)NC(COC1OC(CO)C(O)C(O)C1OC(=O)CCCCCCCCCCCCCCCCCCC)C(O)/C=C/CCCCCCCCCCC. The van der Waals surface area contributed by atoms with E-state index in [-0.39, 0.29) is 19.4 Å². The van der Waals surface area contributed by atoms with Crippen molar-refractivity contribution in [2.24, 2.45) is 0 Å². The first-order valence-electron chi connectivity index (χ1n) is 33.1. The maximum Gasteiger partial charge on any atom is 0.306 e. The van der Waals surface area contributed by atoms with Crippen LogP contribution in [-0.4, -0.2) is 99.6 Å². The zero-order valence-electron chi connectivity index (χ0n) is 51.0. The van der Waals surface area contributed by atoms with Gasteiger partial charge in [-0.1, -0.05) is 281 Å². The van der Waals surface area contributed by atoms with E-state index in [2.05, 4.69) is 74.7 Å². The zero-order chi connectivity index (χ0) is 57.5. The van der Waals surface area contributed by atoms with Crippen molar-refractivity contribution < 1.29 is 49.3 Å². The highest BCUT2D eigenvalue weighted by atomic mass is 16.7. The molecule has 0 aliphatic carbocycles. The second kappa shape index (κ2) is 55.9. The molecule has 1 fully saturated rings. The van der Waals surface area contributed by atoms with Crippen LogP contribution in [-0.2, 0) is 23.8 Å². The number of aliphatic hydroxyl groups excluding tert-OH is 5. The van der Waals surface area contributed by atoms with Crippen molar-refractivity contribution in [3.63, 3.8) is 0 Å². The van der Waals surface area contributed by atoms with Gasteiger partial charge in [0.15, 0.2) is 12.4 Å². The minimum Gasteiger partial charge on any atom is -0.454 e. The van der Waals surface area contributed by atoms with Gasteiger partial charge in [0.25, 0.3) is 0 Å². The van der Waals surface area contributed by atoms with E-state index in [1.807, 2.05) is 6.08 Å². The molecule has 0 spiro atoms. The van der Waals surface area contributed by atoms with Gasteiger partial charge < -0.3 is 45.1 Å². The van der Waals surface area contributed by atoms with E-state index in [4.69, 9.17) is 14.2 Å². The Morgan fingerprint density at radius 3 is 1.33 bits per heavy atom. The van der Waals surface area contributed by atoms with E-state index in [0.717, 1.165) is 96.3 Å². The van der Waals surface area contributed by atoms with E-state index < -0.39 is 67.4 Å². The lowest BCUT2D eigenvalue weighted by atomic mass is 9.99. The molecule has 0 saturated carbocycles. The summed E-state index contributed by atoms with van der Waals surface area (Å²) in [7, 11) is 0. The molecule has 0 radical (unpaired) electrons. The van der Waals surface area contributed by atoms with Crippen LogP contribution in [0, 0.1) is 0 Å². The predicted molar refractivity (Wildman–Crippen MR) is 329 cm³/mol. The second-order valence-electron chi connectivity index (χ2n) is 22.9. The number of allylic oxidation sites excluding steroid dienone is 9. The number of amides is 1. The van der Waals surface area contributed by atoms with Crippen LogP contribution >= 0.6 is 0 Å². The summed E-state index contributed by atoms with van der Waals surface area (Å²) >= 11 is 0. The Morgan fingerprint density at radius 1 is 0.494 bits per heavy atom. The molecule has 11 nitrogen and oxygen atoms in total. The molecule has 1 heterocycles. The standard InChI is InChI=1S/C68H123NO10/c1-4-7-10-13-16-19-22-24-26-28-29-30-31-32-34-35-37-40-43-46-49-52-55-61(72)67(76)69-59(60(71)54-51-48-45-42-39-21-18-15-12-9-6-3)58-77-68-66(65(75)64(74)62(57-70)78-68)79-63(73)56-53-50-47-44-41-38-36-33-27-25-23-20-17-14-11-8-5-2/h16,19,24,26,29-30,32,34,51,54,59-62,64-66,68,70-72,74-75H,4-15,17-18,20-23,25,27-28,31,33,35-50,52-53,55-58H2,1-3H3,(H,69,76)/b19-16-,26-24-,30-29-,34-32-,54-51+. The Morgan fingerprint density at radius 2 is 0.873 bits per heavy atom. The van der Waals surface area contributed by atoms with Gasteiger partial charge in [-0.2, -0.15) is 0 Å². The molecule has 11 heteroatoms. The quantitative estimate of drug-likeness (QED) is 0.0195. The fraction of sp³-hybridized carbons (Fsp3) is 0.824. The summed E-state index contributed by atoms with van der Waals surface area (Å²) in [5.74, 6) is -1.20. The molecule has 6 N–H and O–H groups in total. The van der Waals surface area contributed by atoms with Gasteiger partial charge in [0, 0.05) is 6.42 Å². The lowest BCUT2D eigenvalue weighted by Gasteiger charge is -2.41. The highest BCUT2D eigenvalue weighted by molar-refractivity contribution is 5.80. The van der Waals surface area contributed by atoms with Gasteiger partial charge in [-0.25, -0.2) is 0 Å². The number of carbonyl (C=O) groups is 2. The Bertz CT molecular complexity index is 1510. The molecular weight excluding hydrogens is 991 g/mol. The van der Waals surface area contributed by atoms with Crippen LogP contribution in [0.2, 0.25) is 0 Å². The van der Waals surface area contributed by atoms with Crippen molar-refractivity contribution >= 4 is 11.9 Å². The Kier molecular flexibility index (Phi) is 52.6. The van der Waals surface area contributed by atoms with Gasteiger partial charge in [0.1, 0.15) is 24.4 Å². The Balaban J connectivity index is 2.63.